The quantitative estimate of drug-likeness (QED) is 0.713. The van der Waals surface area contributed by atoms with Crippen molar-refractivity contribution in [3.63, 3.8) is 0 Å². The highest BCUT2D eigenvalue weighted by atomic mass is 16.5. The molecule has 2 rings (SSSR count). The van der Waals surface area contributed by atoms with E-state index in [0.717, 1.165) is 16.5 Å². The smallest absolute Gasteiger partial charge is 0.00636 e. The average molecular weight is 212 g/mol. The van der Waals surface area contributed by atoms with Gasteiger partial charge in [0.1, 0.15) is 0 Å². The number of hydrogen-bond donors (Lipinski definition) is 0. The van der Waals surface area contributed by atoms with Gasteiger partial charge in [-0.2, -0.15) is 0 Å². The summed E-state index contributed by atoms with van der Waals surface area (Å²) in [5.74, 6) is 0.529. The van der Waals surface area contributed by atoms with Crippen LogP contribution in [0.3, 0.4) is 0 Å². The molecule has 88 valence electrons. The minimum absolute atomic E-state index is 0.175. The first kappa shape index (κ1) is 11.3. The van der Waals surface area contributed by atoms with Crippen LogP contribution in [0.15, 0.2) is 0 Å². The first-order valence-corrected chi connectivity index (χ1v) is 5.67. The Morgan fingerprint density at radius 2 is 1.53 bits per heavy atom. The van der Waals surface area contributed by atoms with E-state index in [1.807, 2.05) is 0 Å². The first-order valence-electron chi connectivity index (χ1n) is 5.67. The molecule has 0 aliphatic carbocycles. The molecule has 0 aromatic rings. The third-order valence-electron chi connectivity index (χ3n) is 4.18. The Kier molecular flexibility index (Phi) is 2.58. The van der Waals surface area contributed by atoms with Crippen LogP contribution in [0.25, 0.3) is 0 Å². The molecular weight excluding hydrogens is 192 g/mol. The van der Waals surface area contributed by atoms with E-state index in [2.05, 4.69) is 20.8 Å². The Hall–Kier alpha value is -0.160. The number of hydroxylamine groups is 4. The summed E-state index contributed by atoms with van der Waals surface area (Å²) in [7, 11) is 0. The average Bonchev–Trinajstić information content (AvgIpc) is 1.98. The minimum Gasteiger partial charge on any atom is -0.785 e. The zero-order valence-electron chi connectivity index (χ0n) is 9.82. The lowest BCUT2D eigenvalue weighted by Crippen LogP contribution is -2.58. The Balaban J connectivity index is 1.85. The van der Waals surface area contributed by atoms with Crippen LogP contribution in [0, 0.1) is 27.2 Å². The molecule has 1 atom stereocenters. The SMILES string of the molecule is CC(CC1(C)CN([O-])C1)C1(C)CN([O-])C1. The maximum atomic E-state index is 11.0. The molecule has 0 aromatic carbocycles. The molecule has 0 amide bonds. The van der Waals surface area contributed by atoms with Crippen LogP contribution in [0.2, 0.25) is 0 Å². The van der Waals surface area contributed by atoms with Gasteiger partial charge in [-0.15, -0.1) is 0 Å². The summed E-state index contributed by atoms with van der Waals surface area (Å²) in [4.78, 5) is 0. The molecule has 2 fully saturated rings. The van der Waals surface area contributed by atoms with Crippen LogP contribution >= 0.6 is 0 Å². The van der Waals surface area contributed by atoms with Crippen molar-refractivity contribution in [3.8, 4) is 0 Å². The van der Waals surface area contributed by atoms with Gasteiger partial charge < -0.3 is 20.5 Å². The first-order chi connectivity index (χ1) is 6.83. The molecule has 0 spiro atoms. The van der Waals surface area contributed by atoms with Crippen molar-refractivity contribution in [2.24, 2.45) is 16.7 Å². The lowest BCUT2D eigenvalue weighted by Gasteiger charge is -2.59. The van der Waals surface area contributed by atoms with Crippen molar-refractivity contribution in [1.29, 1.82) is 0 Å². The highest BCUT2D eigenvalue weighted by molar-refractivity contribution is 5.00. The third-order valence-corrected chi connectivity index (χ3v) is 4.18. The molecule has 0 saturated carbocycles. The Morgan fingerprint density at radius 3 is 1.93 bits per heavy atom. The predicted molar refractivity (Wildman–Crippen MR) is 59.9 cm³/mol. The van der Waals surface area contributed by atoms with Crippen molar-refractivity contribution in [3.05, 3.63) is 10.4 Å². The molecule has 0 aromatic heterocycles. The normalized spacial score (nSPS) is 31.8. The predicted octanol–water partition coefficient (Wildman–Crippen LogP) is 1.65. The van der Waals surface area contributed by atoms with Crippen LogP contribution < -0.4 is 0 Å². The topological polar surface area (TPSA) is 52.6 Å². The van der Waals surface area contributed by atoms with Gasteiger partial charge in [-0.3, -0.25) is 0 Å². The van der Waals surface area contributed by atoms with Crippen LogP contribution in [0.4, 0.5) is 0 Å². The monoisotopic (exact) mass is 212 g/mol. The lowest BCUT2D eigenvalue weighted by atomic mass is 9.65. The molecule has 1 unspecified atom stereocenters. The van der Waals surface area contributed by atoms with E-state index in [1.165, 1.54) is 0 Å². The molecule has 4 heteroatoms. The van der Waals surface area contributed by atoms with E-state index in [0.29, 0.717) is 32.1 Å². The van der Waals surface area contributed by atoms with Crippen molar-refractivity contribution in [2.75, 3.05) is 26.2 Å². The maximum absolute atomic E-state index is 11.0. The zero-order valence-corrected chi connectivity index (χ0v) is 9.82. The molecule has 15 heavy (non-hydrogen) atoms. The summed E-state index contributed by atoms with van der Waals surface area (Å²) in [5.41, 5.74) is 0.363. The van der Waals surface area contributed by atoms with Crippen molar-refractivity contribution >= 4 is 0 Å². The third kappa shape index (κ3) is 2.04. The molecule has 2 aliphatic rings. The van der Waals surface area contributed by atoms with Crippen molar-refractivity contribution < 1.29 is 0 Å². The van der Waals surface area contributed by atoms with Gasteiger partial charge in [0.05, 0.1) is 0 Å². The summed E-state index contributed by atoms with van der Waals surface area (Å²) in [6.07, 6.45) is 1.07. The van der Waals surface area contributed by atoms with E-state index in [1.54, 1.807) is 0 Å². The standard InChI is InChI=1S/C11H20N2O2/c1-9(11(3)7-13(15)8-11)4-10(2)5-12(14)6-10/h9H,4-8H2,1-3H3/q-2. The van der Waals surface area contributed by atoms with E-state index in [4.69, 9.17) is 0 Å². The minimum atomic E-state index is 0.175. The van der Waals surface area contributed by atoms with Crippen LogP contribution in [0.1, 0.15) is 27.2 Å². The Labute approximate surface area is 91.4 Å². The fourth-order valence-electron chi connectivity index (χ4n) is 2.99. The van der Waals surface area contributed by atoms with Crippen LogP contribution in [0.5, 0.6) is 0 Å². The van der Waals surface area contributed by atoms with Gasteiger partial charge in [0.25, 0.3) is 0 Å². The molecule has 4 nitrogen and oxygen atoms in total. The van der Waals surface area contributed by atoms with Gasteiger partial charge in [-0.05, 0) is 49.3 Å². The van der Waals surface area contributed by atoms with E-state index >= 15 is 0 Å². The second-order valence-corrected chi connectivity index (χ2v) is 6.17. The van der Waals surface area contributed by atoms with Gasteiger partial charge in [0.2, 0.25) is 0 Å². The van der Waals surface area contributed by atoms with Gasteiger partial charge in [-0.25, -0.2) is 0 Å². The Bertz CT molecular complexity index is 245. The number of nitrogens with zero attached hydrogens (tertiary/aromatic N) is 2. The fraction of sp³-hybridized carbons (Fsp3) is 1.00. The van der Waals surface area contributed by atoms with Gasteiger partial charge in [0.15, 0.2) is 0 Å². The summed E-state index contributed by atoms with van der Waals surface area (Å²) < 4.78 is 0. The highest BCUT2D eigenvalue weighted by Gasteiger charge is 2.43. The second-order valence-electron chi connectivity index (χ2n) is 6.17. The molecule has 0 radical (unpaired) electrons. The molecule has 0 N–H and O–H groups in total. The van der Waals surface area contributed by atoms with E-state index in [-0.39, 0.29) is 10.8 Å². The van der Waals surface area contributed by atoms with E-state index in [9.17, 15) is 10.4 Å². The molecule has 0 bridgehead atoms. The number of rotatable bonds is 3. The fourth-order valence-corrected chi connectivity index (χ4v) is 2.99. The maximum Gasteiger partial charge on any atom is -0.00636 e. The summed E-state index contributed by atoms with van der Waals surface area (Å²) in [6, 6.07) is 0. The van der Waals surface area contributed by atoms with Gasteiger partial charge in [-0.1, -0.05) is 20.8 Å². The summed E-state index contributed by atoms with van der Waals surface area (Å²) in [6.45, 7) is 9.21. The van der Waals surface area contributed by atoms with Gasteiger partial charge in [0, 0.05) is 0 Å². The van der Waals surface area contributed by atoms with Crippen LogP contribution in [-0.4, -0.2) is 36.3 Å². The highest BCUT2D eigenvalue weighted by Crippen LogP contribution is 2.45. The second kappa shape index (κ2) is 3.42. The molecule has 2 aliphatic heterocycles. The lowest BCUT2D eigenvalue weighted by molar-refractivity contribution is -0.0398. The molecular formula is C11H20N2O2-2. The summed E-state index contributed by atoms with van der Waals surface area (Å²) in [5, 5.41) is 24.2. The Morgan fingerprint density at radius 1 is 1.07 bits per heavy atom. The zero-order chi connectivity index (χ0) is 11.3. The summed E-state index contributed by atoms with van der Waals surface area (Å²) >= 11 is 0. The van der Waals surface area contributed by atoms with Crippen LogP contribution in [-0.2, 0) is 0 Å². The number of hydrogen-bond acceptors (Lipinski definition) is 4. The molecule has 2 saturated heterocycles. The molecule has 2 heterocycles. The van der Waals surface area contributed by atoms with E-state index < -0.39 is 0 Å². The van der Waals surface area contributed by atoms with Crippen molar-refractivity contribution in [2.45, 2.75) is 27.2 Å². The van der Waals surface area contributed by atoms with Gasteiger partial charge >= 0.3 is 0 Å². The largest absolute Gasteiger partial charge is 0.785 e. The van der Waals surface area contributed by atoms with Crippen molar-refractivity contribution in [1.82, 2.24) is 10.1 Å².